The predicted octanol–water partition coefficient (Wildman–Crippen LogP) is 3.61. The number of H-pyrrole nitrogens is 1. The lowest BCUT2D eigenvalue weighted by Gasteiger charge is -2.01. The highest BCUT2D eigenvalue weighted by Gasteiger charge is 2.10. The molecule has 5 heteroatoms. The Morgan fingerprint density at radius 2 is 2.25 bits per heavy atom. The lowest BCUT2D eigenvalue weighted by atomic mass is 10.1. The van der Waals surface area contributed by atoms with Gasteiger partial charge in [-0.3, -0.25) is 4.79 Å². The van der Waals surface area contributed by atoms with Crippen molar-refractivity contribution in [3.05, 3.63) is 39.2 Å². The third-order valence-electron chi connectivity index (χ3n) is 2.22. The van der Waals surface area contributed by atoms with Crippen molar-refractivity contribution >= 4 is 33.8 Å². The molecular weight excluding hydrogens is 291 g/mol. The number of benzene rings is 1. The molecule has 0 amide bonds. The molecule has 2 aromatic rings. The predicted molar refractivity (Wildman–Crippen MR) is 66.9 cm³/mol. The quantitative estimate of drug-likeness (QED) is 0.861. The van der Waals surface area contributed by atoms with Gasteiger partial charge in [-0.1, -0.05) is 17.7 Å². The zero-order valence-corrected chi connectivity index (χ0v) is 10.8. The van der Waals surface area contributed by atoms with E-state index in [1.165, 1.54) is 0 Å². The highest BCUT2D eigenvalue weighted by molar-refractivity contribution is 9.10. The van der Waals surface area contributed by atoms with Crippen LogP contribution in [0.4, 0.5) is 0 Å². The van der Waals surface area contributed by atoms with Crippen LogP contribution in [0.15, 0.2) is 22.8 Å². The number of nitrogens with zero attached hydrogens (tertiary/aromatic N) is 1. The van der Waals surface area contributed by atoms with Crippen LogP contribution in [0, 0.1) is 6.92 Å². The number of aldehydes is 1. The van der Waals surface area contributed by atoms with Crippen molar-refractivity contribution in [1.29, 1.82) is 0 Å². The molecule has 0 saturated heterocycles. The first kappa shape index (κ1) is 11.4. The van der Waals surface area contributed by atoms with E-state index in [9.17, 15) is 4.79 Å². The zero-order chi connectivity index (χ0) is 11.7. The minimum Gasteiger partial charge on any atom is -0.330 e. The normalized spacial score (nSPS) is 10.4. The molecule has 82 valence electrons. The van der Waals surface area contributed by atoms with Gasteiger partial charge in [0.05, 0.1) is 0 Å². The number of carbonyl (C=O) groups excluding carboxylic acids is 1. The van der Waals surface area contributed by atoms with E-state index in [1.54, 1.807) is 0 Å². The molecule has 1 aromatic heterocycles. The number of imidazole rings is 1. The summed E-state index contributed by atoms with van der Waals surface area (Å²) in [5, 5.41) is 0.714. The molecule has 0 aliphatic heterocycles. The smallest absolute Gasteiger partial charge is 0.185 e. The highest BCUT2D eigenvalue weighted by Crippen LogP contribution is 2.28. The third-order valence-corrected chi connectivity index (χ3v) is 3.22. The fourth-order valence-electron chi connectivity index (χ4n) is 1.41. The van der Waals surface area contributed by atoms with E-state index in [0.717, 1.165) is 11.1 Å². The molecule has 0 fully saturated rings. The van der Waals surface area contributed by atoms with Gasteiger partial charge in [-0.2, -0.15) is 0 Å². The number of aromatic nitrogens is 2. The van der Waals surface area contributed by atoms with Crippen molar-refractivity contribution in [3.8, 4) is 11.3 Å². The van der Waals surface area contributed by atoms with Gasteiger partial charge in [-0.05, 0) is 40.5 Å². The first-order valence-corrected chi connectivity index (χ1v) is 5.76. The summed E-state index contributed by atoms with van der Waals surface area (Å²) in [7, 11) is 0. The summed E-state index contributed by atoms with van der Waals surface area (Å²) in [6, 6.07) is 5.61. The van der Waals surface area contributed by atoms with Gasteiger partial charge in [0.2, 0.25) is 0 Å². The Morgan fingerprint density at radius 1 is 1.50 bits per heavy atom. The van der Waals surface area contributed by atoms with Gasteiger partial charge in [0.1, 0.15) is 10.3 Å². The molecule has 3 nitrogen and oxygen atoms in total. The molecule has 1 aromatic carbocycles. The Bertz CT molecular complexity index is 551. The van der Waals surface area contributed by atoms with Gasteiger partial charge >= 0.3 is 0 Å². The fourth-order valence-corrected chi connectivity index (χ4v) is 2.05. The van der Waals surface area contributed by atoms with Crippen molar-refractivity contribution < 1.29 is 4.79 Å². The monoisotopic (exact) mass is 298 g/mol. The van der Waals surface area contributed by atoms with E-state index in [4.69, 9.17) is 11.6 Å². The molecule has 0 atom stereocenters. The molecule has 1 N–H and O–H groups in total. The molecule has 0 spiro atoms. The van der Waals surface area contributed by atoms with Gasteiger partial charge in [0.15, 0.2) is 12.1 Å². The van der Waals surface area contributed by atoms with E-state index in [0.29, 0.717) is 27.4 Å². The van der Waals surface area contributed by atoms with E-state index in [2.05, 4.69) is 25.9 Å². The summed E-state index contributed by atoms with van der Waals surface area (Å²) >= 11 is 9.27. The summed E-state index contributed by atoms with van der Waals surface area (Å²) in [6.07, 6.45) is 0.678. The van der Waals surface area contributed by atoms with Crippen LogP contribution < -0.4 is 0 Å². The van der Waals surface area contributed by atoms with Crippen LogP contribution in [-0.2, 0) is 0 Å². The fraction of sp³-hybridized carbons (Fsp3) is 0.0909. The molecule has 1 heterocycles. The molecule has 16 heavy (non-hydrogen) atoms. The van der Waals surface area contributed by atoms with Crippen molar-refractivity contribution in [2.24, 2.45) is 0 Å². The first-order chi connectivity index (χ1) is 7.61. The molecular formula is C11H8BrClN2O. The van der Waals surface area contributed by atoms with Crippen molar-refractivity contribution in [1.82, 2.24) is 9.97 Å². The average Bonchev–Trinajstić information content (AvgIpc) is 2.64. The third kappa shape index (κ3) is 2.03. The summed E-state index contributed by atoms with van der Waals surface area (Å²) in [4.78, 5) is 17.6. The summed E-state index contributed by atoms with van der Waals surface area (Å²) < 4.78 is 0.691. The Balaban J connectivity index is 2.53. The Hall–Kier alpha value is -1.13. The molecule has 0 aliphatic carbocycles. The van der Waals surface area contributed by atoms with Gasteiger partial charge in [-0.25, -0.2) is 4.98 Å². The van der Waals surface area contributed by atoms with Crippen molar-refractivity contribution in [2.75, 3.05) is 0 Å². The minimum absolute atomic E-state index is 0.300. The second kappa shape index (κ2) is 4.39. The number of carbonyl (C=O) groups is 1. The van der Waals surface area contributed by atoms with Crippen LogP contribution in [-0.4, -0.2) is 16.3 Å². The molecule has 0 radical (unpaired) electrons. The summed E-state index contributed by atoms with van der Waals surface area (Å²) in [5.41, 5.74) is 2.60. The van der Waals surface area contributed by atoms with E-state index >= 15 is 0 Å². The number of aryl methyl sites for hydroxylation is 1. The molecule has 0 aliphatic rings. The van der Waals surface area contributed by atoms with Crippen LogP contribution in [0.3, 0.4) is 0 Å². The van der Waals surface area contributed by atoms with Crippen LogP contribution in [0.25, 0.3) is 11.3 Å². The minimum atomic E-state index is 0.300. The van der Waals surface area contributed by atoms with Crippen LogP contribution in [0.2, 0.25) is 5.02 Å². The highest BCUT2D eigenvalue weighted by atomic mass is 79.9. The van der Waals surface area contributed by atoms with Crippen LogP contribution in [0.5, 0.6) is 0 Å². The topological polar surface area (TPSA) is 45.8 Å². The van der Waals surface area contributed by atoms with Crippen molar-refractivity contribution in [2.45, 2.75) is 6.92 Å². The lowest BCUT2D eigenvalue weighted by molar-refractivity contribution is 0.111. The zero-order valence-electron chi connectivity index (χ0n) is 8.42. The number of nitrogens with one attached hydrogen (secondary N) is 1. The van der Waals surface area contributed by atoms with Gasteiger partial charge < -0.3 is 4.98 Å². The van der Waals surface area contributed by atoms with Crippen molar-refractivity contribution in [3.63, 3.8) is 0 Å². The number of rotatable bonds is 2. The largest absolute Gasteiger partial charge is 0.330 e. The molecule has 0 saturated carbocycles. The first-order valence-electron chi connectivity index (χ1n) is 4.59. The maximum atomic E-state index is 10.6. The Labute approximate surface area is 106 Å². The second-order valence-corrected chi connectivity index (χ2v) is 4.57. The van der Waals surface area contributed by atoms with E-state index in [-0.39, 0.29) is 0 Å². The second-order valence-electron chi connectivity index (χ2n) is 3.37. The van der Waals surface area contributed by atoms with E-state index < -0.39 is 0 Å². The Morgan fingerprint density at radius 3 is 2.81 bits per heavy atom. The van der Waals surface area contributed by atoms with Crippen LogP contribution in [0.1, 0.15) is 16.2 Å². The SMILES string of the molecule is Cc1cc(-c2nc(C=O)[nH]c2Br)ccc1Cl. The van der Waals surface area contributed by atoms with Gasteiger partial charge in [0.25, 0.3) is 0 Å². The summed E-state index contributed by atoms with van der Waals surface area (Å²) in [6.45, 7) is 1.92. The number of halogens is 2. The summed E-state index contributed by atoms with van der Waals surface area (Å²) in [5.74, 6) is 0.300. The van der Waals surface area contributed by atoms with Gasteiger partial charge in [0, 0.05) is 10.6 Å². The Kier molecular flexibility index (Phi) is 3.12. The maximum Gasteiger partial charge on any atom is 0.185 e. The number of hydrogen-bond acceptors (Lipinski definition) is 2. The molecule has 0 unspecified atom stereocenters. The van der Waals surface area contributed by atoms with Crippen LogP contribution >= 0.6 is 27.5 Å². The lowest BCUT2D eigenvalue weighted by Crippen LogP contribution is -1.83. The number of aromatic amines is 1. The van der Waals surface area contributed by atoms with E-state index in [1.807, 2.05) is 25.1 Å². The van der Waals surface area contributed by atoms with Gasteiger partial charge in [-0.15, -0.1) is 0 Å². The average molecular weight is 300 g/mol. The standard InChI is InChI=1S/C11H8BrClN2O/c1-6-4-7(2-3-8(6)13)10-11(12)15-9(5-16)14-10/h2-5H,1H3,(H,14,15). The molecule has 2 rings (SSSR count). The molecule has 0 bridgehead atoms. The maximum absolute atomic E-state index is 10.6. The number of hydrogen-bond donors (Lipinski definition) is 1.